The Morgan fingerprint density at radius 2 is 2.30 bits per heavy atom. The van der Waals surface area contributed by atoms with Gasteiger partial charge in [0, 0.05) is 30.6 Å². The van der Waals surface area contributed by atoms with Gasteiger partial charge in [0.15, 0.2) is 11.6 Å². The molecule has 1 aromatic carbocycles. The van der Waals surface area contributed by atoms with Gasteiger partial charge in [0.05, 0.1) is 0 Å². The number of carbonyl (C=O) groups is 1. The molecule has 1 fully saturated rings. The van der Waals surface area contributed by atoms with Gasteiger partial charge in [0.1, 0.15) is 17.9 Å². The smallest absolute Gasteiger partial charge is 0.273 e. The number of nitrogens with one attached hydrogen (secondary N) is 2. The van der Waals surface area contributed by atoms with Crippen LogP contribution in [0, 0.1) is 11.6 Å². The van der Waals surface area contributed by atoms with Crippen LogP contribution in [0.3, 0.4) is 0 Å². The zero-order valence-corrected chi connectivity index (χ0v) is 12.4. The molecular weight excluding hydrogens is 304 g/mol. The average Bonchev–Trinajstić information content (AvgIpc) is 3.05. The molecule has 0 spiro atoms. The zero-order valence-electron chi connectivity index (χ0n) is 12.4. The van der Waals surface area contributed by atoms with E-state index in [9.17, 15) is 13.6 Å². The minimum atomic E-state index is -0.695. The zero-order chi connectivity index (χ0) is 16.2. The van der Waals surface area contributed by atoms with E-state index in [-0.39, 0.29) is 23.7 Å². The lowest BCUT2D eigenvalue weighted by Crippen LogP contribution is -2.28. The van der Waals surface area contributed by atoms with Gasteiger partial charge < -0.3 is 15.1 Å². The number of amides is 1. The Kier molecular flexibility index (Phi) is 4.66. The highest BCUT2D eigenvalue weighted by Crippen LogP contribution is 2.22. The maximum atomic E-state index is 13.5. The van der Waals surface area contributed by atoms with Gasteiger partial charge in [-0.2, -0.15) is 0 Å². The van der Waals surface area contributed by atoms with Crippen LogP contribution in [0.25, 0.3) is 0 Å². The van der Waals surface area contributed by atoms with Crippen LogP contribution in [0.5, 0.6) is 0 Å². The van der Waals surface area contributed by atoms with E-state index in [2.05, 4.69) is 15.6 Å². The molecule has 23 heavy (non-hydrogen) atoms. The van der Waals surface area contributed by atoms with Crippen molar-refractivity contribution in [2.45, 2.75) is 25.3 Å². The van der Waals surface area contributed by atoms with Crippen molar-refractivity contribution >= 4 is 5.91 Å². The molecule has 1 amide bonds. The van der Waals surface area contributed by atoms with E-state index in [4.69, 9.17) is 4.42 Å². The summed E-state index contributed by atoms with van der Waals surface area (Å²) in [6.07, 6.45) is 3.31. The molecular formula is C16H17F2N3O2. The summed E-state index contributed by atoms with van der Waals surface area (Å²) in [6.45, 7) is 1.72. The molecule has 0 aliphatic carbocycles. The molecule has 5 nitrogen and oxygen atoms in total. The Bertz CT molecular complexity index is 696. The lowest BCUT2D eigenvalue weighted by molar-refractivity contribution is 0.0945. The van der Waals surface area contributed by atoms with E-state index in [0.29, 0.717) is 5.89 Å². The molecule has 1 aromatic heterocycles. The minimum Gasteiger partial charge on any atom is -0.448 e. The third-order valence-electron chi connectivity index (χ3n) is 3.86. The molecule has 2 heterocycles. The summed E-state index contributed by atoms with van der Waals surface area (Å²) < 4.78 is 31.7. The third kappa shape index (κ3) is 3.73. The van der Waals surface area contributed by atoms with E-state index in [1.54, 1.807) is 0 Å². The van der Waals surface area contributed by atoms with Gasteiger partial charge in [-0.3, -0.25) is 4.79 Å². The Hall–Kier alpha value is -2.28. The number of piperidine rings is 1. The molecule has 1 atom stereocenters. The van der Waals surface area contributed by atoms with Gasteiger partial charge in [0.25, 0.3) is 5.91 Å². The van der Waals surface area contributed by atoms with E-state index >= 15 is 0 Å². The van der Waals surface area contributed by atoms with Crippen molar-refractivity contribution in [1.29, 1.82) is 0 Å². The lowest BCUT2D eigenvalue weighted by Gasteiger charge is -2.19. The van der Waals surface area contributed by atoms with Crippen molar-refractivity contribution in [2.24, 2.45) is 0 Å². The third-order valence-corrected chi connectivity index (χ3v) is 3.86. The van der Waals surface area contributed by atoms with E-state index in [0.717, 1.165) is 38.1 Å². The van der Waals surface area contributed by atoms with E-state index < -0.39 is 17.5 Å². The SMILES string of the molecule is O=C(NCc1ccc(F)cc1F)c1coc(C2CCCNC2)n1. The van der Waals surface area contributed by atoms with Gasteiger partial charge in [-0.1, -0.05) is 6.07 Å². The summed E-state index contributed by atoms with van der Waals surface area (Å²) in [5.41, 5.74) is 0.369. The second-order valence-electron chi connectivity index (χ2n) is 5.53. The molecule has 7 heteroatoms. The highest BCUT2D eigenvalue weighted by Gasteiger charge is 2.22. The van der Waals surface area contributed by atoms with Crippen LogP contribution in [0.1, 0.15) is 40.7 Å². The van der Waals surface area contributed by atoms with Crippen LogP contribution >= 0.6 is 0 Å². The number of halogens is 2. The predicted octanol–water partition coefficient (Wildman–Crippen LogP) is 2.35. The topological polar surface area (TPSA) is 67.2 Å². The number of carbonyl (C=O) groups excluding carboxylic acids is 1. The maximum Gasteiger partial charge on any atom is 0.273 e. The van der Waals surface area contributed by atoms with Crippen LogP contribution in [0.2, 0.25) is 0 Å². The quantitative estimate of drug-likeness (QED) is 0.907. The first-order valence-corrected chi connectivity index (χ1v) is 7.52. The summed E-state index contributed by atoms with van der Waals surface area (Å²) in [5, 5.41) is 5.81. The largest absolute Gasteiger partial charge is 0.448 e. The number of hydrogen-bond donors (Lipinski definition) is 2. The normalized spacial score (nSPS) is 17.9. The minimum absolute atomic E-state index is 0.0435. The second-order valence-corrected chi connectivity index (χ2v) is 5.53. The Morgan fingerprint density at radius 1 is 1.43 bits per heavy atom. The molecule has 2 N–H and O–H groups in total. The van der Waals surface area contributed by atoms with Crippen molar-refractivity contribution in [1.82, 2.24) is 15.6 Å². The summed E-state index contributed by atoms with van der Waals surface area (Å²) in [4.78, 5) is 16.3. The molecule has 0 radical (unpaired) electrons. The number of benzene rings is 1. The van der Waals surface area contributed by atoms with Gasteiger partial charge in [-0.25, -0.2) is 13.8 Å². The van der Waals surface area contributed by atoms with Crippen molar-refractivity contribution in [3.8, 4) is 0 Å². The van der Waals surface area contributed by atoms with Crippen LogP contribution in [0.15, 0.2) is 28.9 Å². The Morgan fingerprint density at radius 3 is 3.04 bits per heavy atom. The monoisotopic (exact) mass is 321 g/mol. The maximum absolute atomic E-state index is 13.5. The number of rotatable bonds is 4. The summed E-state index contributed by atoms with van der Waals surface area (Å²) in [7, 11) is 0. The van der Waals surface area contributed by atoms with E-state index in [1.807, 2.05) is 0 Å². The molecule has 122 valence electrons. The summed E-state index contributed by atoms with van der Waals surface area (Å²) >= 11 is 0. The highest BCUT2D eigenvalue weighted by atomic mass is 19.1. The Labute approximate surface area is 132 Å². The van der Waals surface area contributed by atoms with Crippen molar-refractivity contribution in [2.75, 3.05) is 13.1 Å². The van der Waals surface area contributed by atoms with Crippen LogP contribution in [0.4, 0.5) is 8.78 Å². The molecule has 1 unspecified atom stereocenters. The number of nitrogens with zero attached hydrogens (tertiary/aromatic N) is 1. The highest BCUT2D eigenvalue weighted by molar-refractivity contribution is 5.91. The van der Waals surface area contributed by atoms with Crippen molar-refractivity contribution < 1.29 is 18.0 Å². The van der Waals surface area contributed by atoms with Crippen LogP contribution < -0.4 is 10.6 Å². The first-order valence-electron chi connectivity index (χ1n) is 7.52. The molecule has 0 saturated carbocycles. The lowest BCUT2D eigenvalue weighted by atomic mass is 10.00. The number of aromatic nitrogens is 1. The molecule has 1 aliphatic heterocycles. The van der Waals surface area contributed by atoms with Gasteiger partial charge in [-0.15, -0.1) is 0 Å². The first-order chi connectivity index (χ1) is 11.1. The Balaban J connectivity index is 1.61. The first kappa shape index (κ1) is 15.6. The number of oxazole rings is 1. The van der Waals surface area contributed by atoms with Crippen LogP contribution in [-0.4, -0.2) is 24.0 Å². The molecule has 3 rings (SSSR count). The fourth-order valence-corrected chi connectivity index (χ4v) is 2.57. The second kappa shape index (κ2) is 6.87. The van der Waals surface area contributed by atoms with Crippen molar-refractivity contribution in [3.05, 3.63) is 53.2 Å². The van der Waals surface area contributed by atoms with Crippen LogP contribution in [-0.2, 0) is 6.54 Å². The standard InChI is InChI=1S/C16H17F2N3O2/c17-12-4-3-10(13(18)6-12)8-20-15(22)14-9-23-16(21-14)11-2-1-5-19-7-11/h3-4,6,9,11,19H,1-2,5,7-8H2,(H,20,22). The van der Waals surface area contributed by atoms with E-state index in [1.165, 1.54) is 12.3 Å². The predicted molar refractivity (Wildman–Crippen MR) is 78.9 cm³/mol. The number of hydrogen-bond acceptors (Lipinski definition) is 4. The molecule has 0 bridgehead atoms. The summed E-state index contributed by atoms with van der Waals surface area (Å²) in [6, 6.07) is 3.23. The molecule has 2 aromatic rings. The van der Waals surface area contributed by atoms with Gasteiger partial charge >= 0.3 is 0 Å². The van der Waals surface area contributed by atoms with Crippen molar-refractivity contribution in [3.63, 3.8) is 0 Å². The van der Waals surface area contributed by atoms with Gasteiger partial charge in [-0.05, 0) is 25.5 Å². The molecule has 1 aliphatic rings. The summed E-state index contributed by atoms with van der Waals surface area (Å²) in [5.74, 6) is -1.10. The molecule has 1 saturated heterocycles. The fraction of sp³-hybridized carbons (Fsp3) is 0.375. The average molecular weight is 321 g/mol. The van der Waals surface area contributed by atoms with Gasteiger partial charge in [0.2, 0.25) is 0 Å². The fourth-order valence-electron chi connectivity index (χ4n) is 2.57.